The monoisotopic (exact) mass is 270 g/mol. The number of nitrogens with one attached hydrogen (secondary N) is 1. The highest BCUT2D eigenvalue weighted by Crippen LogP contribution is 2.04. The summed E-state index contributed by atoms with van der Waals surface area (Å²) >= 11 is 0. The molecule has 5 heteroatoms. The first-order chi connectivity index (χ1) is 8.24. The quantitative estimate of drug-likeness (QED) is 0.583. The number of rotatable bonds is 7. The fourth-order valence-electron chi connectivity index (χ4n) is 1.41. The molecule has 1 aromatic carbocycles. The van der Waals surface area contributed by atoms with Crippen LogP contribution in [-0.2, 0) is 4.79 Å². The van der Waals surface area contributed by atoms with Crippen molar-refractivity contribution in [3.63, 3.8) is 0 Å². The van der Waals surface area contributed by atoms with Gasteiger partial charge in [0.05, 0.1) is 0 Å². The standard InChI is InChI=1S/C13H18N2O2.ClH/c14-9-4-10-15-13(17)8-7-12(16)11-5-2-1-3-6-11;/h1-3,5-6H,4,7-10,14H2,(H,15,17);1H. The van der Waals surface area contributed by atoms with Crippen LogP contribution in [0.3, 0.4) is 0 Å². The largest absolute Gasteiger partial charge is 0.356 e. The number of benzene rings is 1. The van der Waals surface area contributed by atoms with E-state index in [4.69, 9.17) is 5.73 Å². The van der Waals surface area contributed by atoms with Crippen molar-refractivity contribution in [2.75, 3.05) is 13.1 Å². The minimum Gasteiger partial charge on any atom is -0.356 e. The molecular formula is C13H19ClN2O2. The van der Waals surface area contributed by atoms with Crippen LogP contribution >= 0.6 is 12.4 Å². The molecule has 0 unspecified atom stereocenters. The van der Waals surface area contributed by atoms with Gasteiger partial charge in [0.2, 0.25) is 5.91 Å². The molecule has 0 spiro atoms. The lowest BCUT2D eigenvalue weighted by Crippen LogP contribution is -2.26. The molecule has 0 atom stereocenters. The number of ketones is 1. The van der Waals surface area contributed by atoms with Crippen LogP contribution in [-0.4, -0.2) is 24.8 Å². The molecule has 18 heavy (non-hydrogen) atoms. The topological polar surface area (TPSA) is 72.2 Å². The third-order valence-corrected chi connectivity index (χ3v) is 2.38. The molecule has 0 fully saturated rings. The summed E-state index contributed by atoms with van der Waals surface area (Å²) in [7, 11) is 0. The van der Waals surface area contributed by atoms with E-state index in [-0.39, 0.29) is 36.9 Å². The average Bonchev–Trinajstić information content (AvgIpc) is 2.37. The van der Waals surface area contributed by atoms with Gasteiger partial charge in [-0.1, -0.05) is 30.3 Å². The van der Waals surface area contributed by atoms with E-state index in [9.17, 15) is 9.59 Å². The van der Waals surface area contributed by atoms with Crippen molar-refractivity contribution in [1.82, 2.24) is 5.32 Å². The Morgan fingerprint density at radius 2 is 1.78 bits per heavy atom. The summed E-state index contributed by atoms with van der Waals surface area (Å²) in [4.78, 5) is 23.0. The van der Waals surface area contributed by atoms with Gasteiger partial charge in [0.25, 0.3) is 0 Å². The zero-order valence-corrected chi connectivity index (χ0v) is 11.0. The highest BCUT2D eigenvalue weighted by molar-refractivity contribution is 5.97. The number of carbonyl (C=O) groups excluding carboxylic acids is 2. The zero-order chi connectivity index (χ0) is 12.5. The van der Waals surface area contributed by atoms with Crippen molar-refractivity contribution in [2.45, 2.75) is 19.3 Å². The fraction of sp³-hybridized carbons (Fsp3) is 0.385. The number of hydrogen-bond donors (Lipinski definition) is 2. The SMILES string of the molecule is Cl.NCCCNC(=O)CCC(=O)c1ccccc1. The first kappa shape index (κ1) is 16.6. The van der Waals surface area contributed by atoms with Gasteiger partial charge >= 0.3 is 0 Å². The van der Waals surface area contributed by atoms with Crippen LogP contribution in [0.25, 0.3) is 0 Å². The Kier molecular flexibility index (Phi) is 8.88. The Bertz CT molecular complexity index is 369. The first-order valence-corrected chi connectivity index (χ1v) is 5.79. The van der Waals surface area contributed by atoms with Gasteiger partial charge in [0.15, 0.2) is 5.78 Å². The van der Waals surface area contributed by atoms with Gasteiger partial charge in [-0.3, -0.25) is 9.59 Å². The summed E-state index contributed by atoms with van der Waals surface area (Å²) in [6, 6.07) is 9.00. The predicted molar refractivity (Wildman–Crippen MR) is 73.9 cm³/mol. The summed E-state index contributed by atoms with van der Waals surface area (Å²) < 4.78 is 0. The van der Waals surface area contributed by atoms with Crippen molar-refractivity contribution < 1.29 is 9.59 Å². The van der Waals surface area contributed by atoms with E-state index in [2.05, 4.69) is 5.32 Å². The van der Waals surface area contributed by atoms with Gasteiger partial charge in [-0.05, 0) is 13.0 Å². The summed E-state index contributed by atoms with van der Waals surface area (Å²) in [5, 5.41) is 2.72. The number of carbonyl (C=O) groups is 2. The second kappa shape index (κ2) is 9.62. The van der Waals surface area contributed by atoms with E-state index in [1.807, 2.05) is 18.2 Å². The molecule has 1 rings (SSSR count). The fourth-order valence-corrected chi connectivity index (χ4v) is 1.41. The number of nitrogens with two attached hydrogens (primary N) is 1. The van der Waals surface area contributed by atoms with Gasteiger partial charge in [-0.25, -0.2) is 0 Å². The third-order valence-electron chi connectivity index (χ3n) is 2.38. The maximum Gasteiger partial charge on any atom is 0.220 e. The van der Waals surface area contributed by atoms with E-state index in [1.165, 1.54) is 0 Å². The molecule has 0 aliphatic carbocycles. The van der Waals surface area contributed by atoms with Crippen molar-refractivity contribution in [3.05, 3.63) is 35.9 Å². The number of amides is 1. The van der Waals surface area contributed by atoms with Crippen LogP contribution in [0, 0.1) is 0 Å². The van der Waals surface area contributed by atoms with Crippen LogP contribution in [0.2, 0.25) is 0 Å². The van der Waals surface area contributed by atoms with E-state index in [0.717, 1.165) is 6.42 Å². The molecule has 0 saturated heterocycles. The summed E-state index contributed by atoms with van der Waals surface area (Å²) in [6.07, 6.45) is 1.25. The lowest BCUT2D eigenvalue weighted by molar-refractivity contribution is -0.121. The van der Waals surface area contributed by atoms with Gasteiger partial charge in [-0.15, -0.1) is 12.4 Å². The lowest BCUT2D eigenvalue weighted by atomic mass is 10.1. The van der Waals surface area contributed by atoms with Gasteiger partial charge in [-0.2, -0.15) is 0 Å². The van der Waals surface area contributed by atoms with E-state index < -0.39 is 0 Å². The maximum atomic E-state index is 11.7. The van der Waals surface area contributed by atoms with Crippen LogP contribution in [0.5, 0.6) is 0 Å². The van der Waals surface area contributed by atoms with E-state index >= 15 is 0 Å². The summed E-state index contributed by atoms with van der Waals surface area (Å²) in [6.45, 7) is 1.14. The smallest absolute Gasteiger partial charge is 0.220 e. The second-order valence-electron chi connectivity index (χ2n) is 3.78. The third kappa shape index (κ3) is 6.37. The molecule has 4 nitrogen and oxygen atoms in total. The Labute approximate surface area is 113 Å². The summed E-state index contributed by atoms with van der Waals surface area (Å²) in [5.41, 5.74) is 5.96. The minimum absolute atomic E-state index is 0. The Morgan fingerprint density at radius 1 is 1.11 bits per heavy atom. The average molecular weight is 271 g/mol. The van der Waals surface area contributed by atoms with Gasteiger partial charge in [0, 0.05) is 24.9 Å². The van der Waals surface area contributed by atoms with E-state index in [1.54, 1.807) is 12.1 Å². The maximum absolute atomic E-state index is 11.7. The molecule has 0 heterocycles. The van der Waals surface area contributed by atoms with Crippen LogP contribution in [0.1, 0.15) is 29.6 Å². The molecule has 100 valence electrons. The minimum atomic E-state index is -0.0947. The van der Waals surface area contributed by atoms with Crippen molar-refractivity contribution >= 4 is 24.1 Å². The second-order valence-corrected chi connectivity index (χ2v) is 3.78. The molecule has 3 N–H and O–H groups in total. The van der Waals surface area contributed by atoms with Crippen LogP contribution in [0.15, 0.2) is 30.3 Å². The normalized spacial score (nSPS) is 9.39. The molecule has 0 saturated carbocycles. The summed E-state index contributed by atoms with van der Waals surface area (Å²) in [5.74, 6) is -0.0951. The van der Waals surface area contributed by atoms with Crippen LogP contribution < -0.4 is 11.1 Å². The van der Waals surface area contributed by atoms with Crippen LogP contribution in [0.4, 0.5) is 0 Å². The first-order valence-electron chi connectivity index (χ1n) is 5.79. The van der Waals surface area contributed by atoms with Gasteiger partial charge in [0.1, 0.15) is 0 Å². The number of halogens is 1. The molecule has 0 radical (unpaired) electrons. The van der Waals surface area contributed by atoms with Crippen molar-refractivity contribution in [2.24, 2.45) is 5.73 Å². The molecular weight excluding hydrogens is 252 g/mol. The predicted octanol–water partition coefficient (Wildman–Crippen LogP) is 1.54. The lowest BCUT2D eigenvalue weighted by Gasteiger charge is -2.03. The molecule has 1 aromatic rings. The van der Waals surface area contributed by atoms with Gasteiger partial charge < -0.3 is 11.1 Å². The van der Waals surface area contributed by atoms with Crippen molar-refractivity contribution in [1.29, 1.82) is 0 Å². The van der Waals surface area contributed by atoms with Crippen molar-refractivity contribution in [3.8, 4) is 0 Å². The molecule has 1 amide bonds. The molecule has 0 aliphatic rings. The number of hydrogen-bond acceptors (Lipinski definition) is 3. The molecule has 0 aromatic heterocycles. The molecule has 0 aliphatic heterocycles. The van der Waals surface area contributed by atoms with E-state index in [0.29, 0.717) is 18.7 Å². The molecule has 0 bridgehead atoms. The number of Topliss-reactive ketones (excluding diaryl/α,β-unsaturated/α-hetero) is 1. The zero-order valence-electron chi connectivity index (χ0n) is 10.2. The Morgan fingerprint density at radius 3 is 2.39 bits per heavy atom. The highest BCUT2D eigenvalue weighted by Gasteiger charge is 2.08. The Balaban J connectivity index is 0.00000289. The Hall–Kier alpha value is -1.39. The highest BCUT2D eigenvalue weighted by atomic mass is 35.5.